The van der Waals surface area contributed by atoms with Gasteiger partial charge in [0.15, 0.2) is 5.13 Å². The van der Waals surface area contributed by atoms with Crippen molar-refractivity contribution in [3.05, 3.63) is 47.0 Å². The van der Waals surface area contributed by atoms with Gasteiger partial charge in [0.05, 0.1) is 6.04 Å². The molecule has 0 aliphatic carbocycles. The van der Waals surface area contributed by atoms with Gasteiger partial charge < -0.3 is 10.4 Å². The number of aromatic nitrogens is 1. The van der Waals surface area contributed by atoms with Crippen LogP contribution < -0.4 is 10.6 Å². The maximum atomic E-state index is 12.1. The number of urea groups is 1. The molecule has 0 saturated carbocycles. The lowest BCUT2D eigenvalue weighted by atomic mass is 10.0. The van der Waals surface area contributed by atoms with Crippen molar-refractivity contribution in [2.75, 3.05) is 11.9 Å². The van der Waals surface area contributed by atoms with E-state index in [9.17, 15) is 4.79 Å². The zero-order valence-electron chi connectivity index (χ0n) is 12.6. The fourth-order valence-electron chi connectivity index (χ4n) is 2.12. The number of thiazole rings is 1. The van der Waals surface area contributed by atoms with Gasteiger partial charge in [-0.1, -0.05) is 37.3 Å². The van der Waals surface area contributed by atoms with E-state index >= 15 is 0 Å². The third kappa shape index (κ3) is 4.82. The highest BCUT2D eigenvalue weighted by Crippen LogP contribution is 2.20. The first-order valence-electron chi connectivity index (χ1n) is 7.41. The third-order valence-electron chi connectivity index (χ3n) is 3.28. The Morgan fingerprint density at radius 3 is 2.77 bits per heavy atom. The highest BCUT2D eigenvalue weighted by atomic mass is 32.1. The smallest absolute Gasteiger partial charge is 0.321 e. The number of carbonyl (C=O) groups is 1. The molecule has 0 bridgehead atoms. The Morgan fingerprint density at radius 2 is 2.14 bits per heavy atom. The third-order valence-corrected chi connectivity index (χ3v) is 4.34. The molecule has 1 aromatic heterocycles. The number of anilines is 1. The molecule has 22 heavy (non-hydrogen) atoms. The lowest BCUT2D eigenvalue weighted by Crippen LogP contribution is -2.32. The van der Waals surface area contributed by atoms with Crippen LogP contribution in [0.4, 0.5) is 9.93 Å². The maximum absolute atomic E-state index is 12.1. The Kier molecular flexibility index (Phi) is 6.36. The summed E-state index contributed by atoms with van der Waals surface area (Å²) in [6.07, 6.45) is 4.01. The molecule has 3 N–H and O–H groups in total. The van der Waals surface area contributed by atoms with E-state index in [1.54, 1.807) is 6.20 Å². The van der Waals surface area contributed by atoms with Gasteiger partial charge in [0.25, 0.3) is 0 Å². The first-order valence-corrected chi connectivity index (χ1v) is 8.22. The van der Waals surface area contributed by atoms with Crippen LogP contribution in [0.15, 0.2) is 36.5 Å². The summed E-state index contributed by atoms with van der Waals surface area (Å²) in [7, 11) is 0. The van der Waals surface area contributed by atoms with Crippen molar-refractivity contribution in [1.29, 1.82) is 0 Å². The Hall–Kier alpha value is -1.92. The minimum absolute atomic E-state index is 0.110. The van der Waals surface area contributed by atoms with E-state index in [2.05, 4.69) is 22.5 Å². The molecule has 2 rings (SSSR count). The molecular formula is C16H21N3O2S. The van der Waals surface area contributed by atoms with Crippen molar-refractivity contribution in [3.63, 3.8) is 0 Å². The average Bonchev–Trinajstić information content (AvgIpc) is 2.99. The van der Waals surface area contributed by atoms with Crippen LogP contribution in [0.2, 0.25) is 0 Å². The Morgan fingerprint density at radius 1 is 1.36 bits per heavy atom. The molecule has 5 nitrogen and oxygen atoms in total. The van der Waals surface area contributed by atoms with Crippen LogP contribution in [0, 0.1) is 0 Å². The van der Waals surface area contributed by atoms with E-state index in [0.29, 0.717) is 18.0 Å². The van der Waals surface area contributed by atoms with Crippen molar-refractivity contribution in [2.24, 2.45) is 0 Å². The predicted octanol–water partition coefficient (Wildman–Crippen LogP) is 3.34. The second kappa shape index (κ2) is 8.51. The standard InChI is InChI=1S/C16H21N3O2S/c1-2-13-11-17-16(22-13)19-15(21)18-14(9-6-10-20)12-7-4-3-5-8-12/h3-5,7-8,11,14,20H,2,6,9-10H2,1H3,(H2,17,18,19,21). The summed E-state index contributed by atoms with van der Waals surface area (Å²) in [4.78, 5) is 17.4. The maximum Gasteiger partial charge on any atom is 0.321 e. The fourth-order valence-corrected chi connectivity index (χ4v) is 2.87. The van der Waals surface area contributed by atoms with E-state index in [4.69, 9.17) is 5.11 Å². The van der Waals surface area contributed by atoms with Crippen molar-refractivity contribution in [1.82, 2.24) is 10.3 Å². The van der Waals surface area contributed by atoms with Gasteiger partial charge in [-0.15, -0.1) is 11.3 Å². The molecule has 0 fully saturated rings. The number of nitrogens with zero attached hydrogens (tertiary/aromatic N) is 1. The molecule has 0 radical (unpaired) electrons. The van der Waals surface area contributed by atoms with Crippen molar-refractivity contribution < 1.29 is 9.90 Å². The number of benzene rings is 1. The summed E-state index contributed by atoms with van der Waals surface area (Å²) in [6, 6.07) is 9.36. The van der Waals surface area contributed by atoms with E-state index in [1.165, 1.54) is 11.3 Å². The zero-order valence-corrected chi connectivity index (χ0v) is 13.4. The van der Waals surface area contributed by atoms with Gasteiger partial charge in [-0.2, -0.15) is 0 Å². The summed E-state index contributed by atoms with van der Waals surface area (Å²) < 4.78 is 0. The van der Waals surface area contributed by atoms with Crippen LogP contribution in [0.5, 0.6) is 0 Å². The molecule has 2 amide bonds. The molecule has 118 valence electrons. The normalized spacial score (nSPS) is 11.9. The number of aliphatic hydroxyl groups excluding tert-OH is 1. The van der Waals surface area contributed by atoms with Crippen LogP contribution >= 0.6 is 11.3 Å². The first-order chi connectivity index (χ1) is 10.7. The monoisotopic (exact) mass is 319 g/mol. The summed E-state index contributed by atoms with van der Waals surface area (Å²) >= 11 is 1.48. The average molecular weight is 319 g/mol. The molecule has 2 aromatic rings. The van der Waals surface area contributed by atoms with Gasteiger partial charge in [-0.05, 0) is 24.8 Å². The molecule has 1 unspecified atom stereocenters. The molecule has 0 aliphatic rings. The number of nitrogens with one attached hydrogen (secondary N) is 2. The van der Waals surface area contributed by atoms with Crippen molar-refractivity contribution >= 4 is 22.5 Å². The second-order valence-corrected chi connectivity index (χ2v) is 6.03. The summed E-state index contributed by atoms with van der Waals surface area (Å²) in [5.41, 5.74) is 1.03. The van der Waals surface area contributed by atoms with Crippen LogP contribution in [-0.2, 0) is 6.42 Å². The molecule has 0 aliphatic heterocycles. The SMILES string of the molecule is CCc1cnc(NC(=O)NC(CCCO)c2ccccc2)s1. The largest absolute Gasteiger partial charge is 0.396 e. The number of rotatable bonds is 7. The van der Waals surface area contributed by atoms with Gasteiger partial charge in [-0.25, -0.2) is 9.78 Å². The van der Waals surface area contributed by atoms with Gasteiger partial charge in [0.2, 0.25) is 0 Å². The first kappa shape index (κ1) is 16.5. The number of aryl methyl sites for hydroxylation is 1. The topological polar surface area (TPSA) is 74.2 Å². The zero-order chi connectivity index (χ0) is 15.8. The van der Waals surface area contributed by atoms with Gasteiger partial charge in [0, 0.05) is 17.7 Å². The van der Waals surface area contributed by atoms with Gasteiger partial charge >= 0.3 is 6.03 Å². The summed E-state index contributed by atoms with van der Waals surface area (Å²) in [5, 5.41) is 15.3. The van der Waals surface area contributed by atoms with Gasteiger partial charge in [0.1, 0.15) is 0 Å². The Balaban J connectivity index is 1.98. The summed E-state index contributed by atoms with van der Waals surface area (Å²) in [6.45, 7) is 2.16. The molecule has 1 aromatic carbocycles. The highest BCUT2D eigenvalue weighted by molar-refractivity contribution is 7.15. The van der Waals surface area contributed by atoms with Crippen LogP contribution in [-0.4, -0.2) is 22.7 Å². The number of aliphatic hydroxyl groups is 1. The molecule has 0 spiro atoms. The molecule has 0 saturated heterocycles. The number of hydrogen-bond donors (Lipinski definition) is 3. The molecule has 1 heterocycles. The molecule has 1 atom stereocenters. The lowest BCUT2D eigenvalue weighted by molar-refractivity contribution is 0.244. The fraction of sp³-hybridized carbons (Fsp3) is 0.375. The number of hydrogen-bond acceptors (Lipinski definition) is 4. The molecule has 6 heteroatoms. The summed E-state index contributed by atoms with van der Waals surface area (Å²) in [5.74, 6) is 0. The van der Waals surface area contributed by atoms with Crippen LogP contribution in [0.25, 0.3) is 0 Å². The highest BCUT2D eigenvalue weighted by Gasteiger charge is 2.15. The minimum Gasteiger partial charge on any atom is -0.396 e. The Bertz CT molecular complexity index is 586. The van der Waals surface area contributed by atoms with E-state index < -0.39 is 0 Å². The van der Waals surface area contributed by atoms with Gasteiger partial charge in [-0.3, -0.25) is 5.32 Å². The van der Waals surface area contributed by atoms with Crippen molar-refractivity contribution in [3.8, 4) is 0 Å². The van der Waals surface area contributed by atoms with Crippen LogP contribution in [0.1, 0.15) is 36.2 Å². The number of amides is 2. The van der Waals surface area contributed by atoms with E-state index in [1.807, 2.05) is 30.3 Å². The minimum atomic E-state index is -0.274. The van der Waals surface area contributed by atoms with Crippen molar-refractivity contribution in [2.45, 2.75) is 32.2 Å². The molecular weight excluding hydrogens is 298 g/mol. The van der Waals surface area contributed by atoms with E-state index in [-0.39, 0.29) is 18.7 Å². The lowest BCUT2D eigenvalue weighted by Gasteiger charge is -2.18. The second-order valence-electron chi connectivity index (χ2n) is 4.91. The van der Waals surface area contributed by atoms with Crippen LogP contribution in [0.3, 0.4) is 0 Å². The van der Waals surface area contributed by atoms with E-state index in [0.717, 1.165) is 16.9 Å². The quantitative estimate of drug-likeness (QED) is 0.733. The predicted molar refractivity (Wildman–Crippen MR) is 89.1 cm³/mol. The Labute approximate surface area is 134 Å². The number of carbonyl (C=O) groups excluding carboxylic acids is 1.